The Morgan fingerprint density at radius 3 is 1.59 bits per heavy atom. The van der Waals surface area contributed by atoms with Crippen LogP contribution in [0.25, 0.3) is 0 Å². The van der Waals surface area contributed by atoms with Crippen LogP contribution in [0.5, 0.6) is 0 Å². The van der Waals surface area contributed by atoms with Gasteiger partial charge in [-0.2, -0.15) is 0 Å². The maximum Gasteiger partial charge on any atom is 0.220 e. The number of carbonyl (C=O) groups excluding carboxylic acids is 1. The molecule has 1 aliphatic rings. The second-order valence-corrected chi connectivity index (χ2v) is 14.5. The first-order valence-corrected chi connectivity index (χ1v) is 20.4. The molecule has 0 unspecified atom stereocenters. The van der Waals surface area contributed by atoms with Crippen molar-refractivity contribution in [3.05, 3.63) is 12.2 Å². The Bertz CT molecular complexity index is 783. The van der Waals surface area contributed by atoms with Crippen molar-refractivity contribution in [2.24, 2.45) is 0 Å². The maximum atomic E-state index is 12.8. The van der Waals surface area contributed by atoms with Crippen molar-refractivity contribution in [2.75, 3.05) is 13.2 Å². The molecule has 1 heterocycles. The third-order valence-corrected chi connectivity index (χ3v) is 9.84. The highest BCUT2D eigenvalue weighted by atomic mass is 16.6. The van der Waals surface area contributed by atoms with E-state index in [0.717, 1.165) is 38.5 Å². The van der Waals surface area contributed by atoms with E-state index in [2.05, 4.69) is 19.2 Å². The van der Waals surface area contributed by atoms with Gasteiger partial charge in [0.15, 0.2) is 6.29 Å². The molecule has 0 bridgehead atoms. The van der Waals surface area contributed by atoms with E-state index in [0.29, 0.717) is 6.42 Å². The van der Waals surface area contributed by atoms with Gasteiger partial charge in [0, 0.05) is 6.42 Å². The molecule has 0 aliphatic carbocycles. The van der Waals surface area contributed by atoms with Crippen LogP contribution in [0, 0.1) is 0 Å². The molecule has 9 nitrogen and oxygen atoms in total. The number of amides is 1. The molecule has 7 atom stereocenters. The average Bonchev–Trinajstić information content (AvgIpc) is 3.09. The first-order chi connectivity index (χ1) is 23.8. The number of ether oxygens (including phenoxy) is 2. The molecule has 1 aliphatic heterocycles. The smallest absolute Gasteiger partial charge is 0.220 e. The lowest BCUT2D eigenvalue weighted by Crippen LogP contribution is -2.58. The van der Waals surface area contributed by atoms with Crippen molar-refractivity contribution >= 4 is 5.91 Å². The molecule has 0 aromatic carbocycles. The molecule has 290 valence electrons. The van der Waals surface area contributed by atoms with Crippen LogP contribution >= 0.6 is 0 Å². The van der Waals surface area contributed by atoms with Gasteiger partial charge in [0.2, 0.25) is 5.91 Å². The highest BCUT2D eigenvalue weighted by Crippen LogP contribution is 2.20. The second-order valence-electron chi connectivity index (χ2n) is 14.5. The summed E-state index contributed by atoms with van der Waals surface area (Å²) in [5.41, 5.74) is 0. The largest absolute Gasteiger partial charge is 0.387 e. The molecule has 0 radical (unpaired) electrons. The number of carbonyl (C=O) groups is 1. The summed E-state index contributed by atoms with van der Waals surface area (Å²) >= 11 is 0. The highest BCUT2D eigenvalue weighted by molar-refractivity contribution is 5.76. The second kappa shape index (κ2) is 31.6. The number of aliphatic hydroxyl groups excluding tert-OH is 5. The summed E-state index contributed by atoms with van der Waals surface area (Å²) in [6.45, 7) is 4.26. The number of rotatable bonds is 33. The molecule has 9 heteroatoms. The van der Waals surface area contributed by atoms with E-state index in [9.17, 15) is 30.3 Å². The molecule has 0 spiro atoms. The van der Waals surface area contributed by atoms with Crippen molar-refractivity contribution in [2.45, 2.75) is 224 Å². The van der Waals surface area contributed by atoms with Gasteiger partial charge in [0.1, 0.15) is 24.4 Å². The number of hydrogen-bond donors (Lipinski definition) is 6. The normalized spacial score (nSPS) is 22.5. The Kier molecular flexibility index (Phi) is 29.7. The van der Waals surface area contributed by atoms with Crippen LogP contribution in [-0.2, 0) is 14.3 Å². The predicted molar refractivity (Wildman–Crippen MR) is 198 cm³/mol. The fraction of sp³-hybridized carbons (Fsp3) is 0.925. The Labute approximate surface area is 299 Å². The summed E-state index contributed by atoms with van der Waals surface area (Å²) in [7, 11) is 0. The lowest BCUT2D eigenvalue weighted by Gasteiger charge is -2.38. The molecule has 0 aromatic heterocycles. The van der Waals surface area contributed by atoms with Crippen molar-refractivity contribution in [1.29, 1.82) is 0 Å². The van der Waals surface area contributed by atoms with E-state index in [-0.39, 0.29) is 19.1 Å². The SMILES string of the molecule is CCCCCCCCCCCCC/C=C/[C@H](O)[C@H](COC[C@@H]1O[C@H](O)[C@H](O)[C@H](O)[C@H]1O)NC(=O)CCCCCCCCCCCCCCC. The van der Waals surface area contributed by atoms with E-state index in [1.807, 2.05) is 6.08 Å². The Morgan fingerprint density at radius 2 is 1.10 bits per heavy atom. The molecule has 49 heavy (non-hydrogen) atoms. The summed E-state index contributed by atoms with van der Waals surface area (Å²) in [5.74, 6) is -0.141. The van der Waals surface area contributed by atoms with E-state index >= 15 is 0 Å². The topological polar surface area (TPSA) is 149 Å². The Hall–Kier alpha value is -1.07. The summed E-state index contributed by atoms with van der Waals surface area (Å²) in [5, 5.41) is 53.6. The van der Waals surface area contributed by atoms with Crippen molar-refractivity contribution in [3.8, 4) is 0 Å². The number of nitrogens with one attached hydrogen (secondary N) is 1. The van der Waals surface area contributed by atoms with Crippen LogP contribution in [0.4, 0.5) is 0 Å². The summed E-state index contributed by atoms with van der Waals surface area (Å²) < 4.78 is 10.9. The number of hydrogen-bond acceptors (Lipinski definition) is 8. The minimum atomic E-state index is -1.65. The first-order valence-electron chi connectivity index (χ1n) is 20.4. The van der Waals surface area contributed by atoms with Gasteiger partial charge in [-0.3, -0.25) is 4.79 Å². The fourth-order valence-electron chi connectivity index (χ4n) is 6.48. The van der Waals surface area contributed by atoms with Crippen LogP contribution in [-0.4, -0.2) is 87.5 Å². The molecule has 1 amide bonds. The van der Waals surface area contributed by atoms with Gasteiger partial charge in [-0.05, 0) is 19.3 Å². The van der Waals surface area contributed by atoms with Crippen molar-refractivity contribution < 1.29 is 39.8 Å². The molecule has 1 fully saturated rings. The zero-order valence-corrected chi connectivity index (χ0v) is 31.5. The van der Waals surface area contributed by atoms with Gasteiger partial charge < -0.3 is 40.3 Å². The lowest BCUT2D eigenvalue weighted by atomic mass is 9.99. The number of aliphatic hydroxyl groups is 5. The molecule has 0 aromatic rings. The molecule has 6 N–H and O–H groups in total. The summed E-state index contributed by atoms with van der Waals surface area (Å²) in [4.78, 5) is 12.8. The highest BCUT2D eigenvalue weighted by Gasteiger charge is 2.43. The monoisotopic (exact) mass is 700 g/mol. The van der Waals surface area contributed by atoms with Crippen molar-refractivity contribution in [1.82, 2.24) is 5.32 Å². The molecule has 0 saturated carbocycles. The first kappa shape index (κ1) is 46.0. The van der Waals surface area contributed by atoms with Gasteiger partial charge >= 0.3 is 0 Å². The van der Waals surface area contributed by atoms with Gasteiger partial charge in [-0.15, -0.1) is 0 Å². The average molecular weight is 700 g/mol. The molecule has 1 saturated heterocycles. The van der Waals surface area contributed by atoms with Crippen molar-refractivity contribution in [3.63, 3.8) is 0 Å². The van der Waals surface area contributed by atoms with E-state index in [4.69, 9.17) is 9.47 Å². The van der Waals surface area contributed by atoms with Gasteiger partial charge in [0.05, 0.1) is 25.4 Å². The summed E-state index contributed by atoms with van der Waals surface area (Å²) in [6.07, 6.45) is 26.8. The standard InChI is InChI=1S/C40H77NO8/c1-3-5-7-9-11-13-15-17-19-21-23-25-27-29-34(42)33(31-48-32-35-37(44)38(45)39(46)40(47)49-35)41-36(43)30-28-26-24-22-20-18-16-14-12-10-8-6-4-2/h27,29,33-35,37-40,42,44-47H,3-26,28,30-32H2,1-2H3,(H,41,43)/b29-27+/t33-,34-,35-,37-,38+,39+,40-/m0/s1. The van der Waals surface area contributed by atoms with Crippen LogP contribution in [0.1, 0.15) is 181 Å². The molecule has 1 rings (SSSR count). The Morgan fingerprint density at radius 1 is 0.653 bits per heavy atom. The van der Waals surface area contributed by atoms with Gasteiger partial charge in [0.25, 0.3) is 0 Å². The van der Waals surface area contributed by atoms with Crippen LogP contribution in [0.2, 0.25) is 0 Å². The lowest BCUT2D eigenvalue weighted by molar-refractivity contribution is -0.288. The van der Waals surface area contributed by atoms with E-state index < -0.39 is 42.9 Å². The van der Waals surface area contributed by atoms with Crippen LogP contribution in [0.15, 0.2) is 12.2 Å². The van der Waals surface area contributed by atoms with E-state index in [1.54, 1.807) is 6.08 Å². The third-order valence-electron chi connectivity index (χ3n) is 9.84. The minimum absolute atomic E-state index is 0.0460. The Balaban J connectivity index is 2.38. The number of unbranched alkanes of at least 4 members (excludes halogenated alkanes) is 23. The minimum Gasteiger partial charge on any atom is -0.387 e. The predicted octanol–water partition coefficient (Wildman–Crippen LogP) is 7.39. The maximum absolute atomic E-state index is 12.8. The zero-order valence-electron chi connectivity index (χ0n) is 31.5. The third kappa shape index (κ3) is 23.9. The number of allylic oxidation sites excluding steroid dienone is 1. The quantitative estimate of drug-likeness (QED) is 0.0307. The zero-order chi connectivity index (χ0) is 36.0. The van der Waals surface area contributed by atoms with E-state index in [1.165, 1.54) is 122 Å². The van der Waals surface area contributed by atoms with Crippen LogP contribution < -0.4 is 5.32 Å². The van der Waals surface area contributed by atoms with Gasteiger partial charge in [-0.1, -0.05) is 167 Å². The van der Waals surface area contributed by atoms with Gasteiger partial charge in [-0.25, -0.2) is 0 Å². The molecular weight excluding hydrogens is 622 g/mol. The van der Waals surface area contributed by atoms with Crippen LogP contribution in [0.3, 0.4) is 0 Å². The molecular formula is C40H77NO8. The fourth-order valence-corrected chi connectivity index (χ4v) is 6.48. The summed E-state index contributed by atoms with van der Waals surface area (Å²) in [6, 6.07) is -0.704.